The number of hydrogen-bond donors (Lipinski definition) is 0. The lowest BCUT2D eigenvalue weighted by atomic mass is 9.78. The van der Waals surface area contributed by atoms with Gasteiger partial charge in [0.05, 0.1) is 13.0 Å². The summed E-state index contributed by atoms with van der Waals surface area (Å²) in [6, 6.07) is 12.2. The molecule has 2 heterocycles. The van der Waals surface area contributed by atoms with E-state index in [9.17, 15) is 9.18 Å². The highest BCUT2D eigenvalue weighted by atomic mass is 19.1. The summed E-state index contributed by atoms with van der Waals surface area (Å²) in [5, 5.41) is 0. The number of carbonyl (C=O) groups excluding carboxylic acids is 1. The van der Waals surface area contributed by atoms with Crippen LogP contribution in [0.4, 0.5) is 4.39 Å². The number of rotatable bonds is 3. The maximum Gasteiger partial charge on any atom is 0.316 e. The third-order valence-corrected chi connectivity index (χ3v) is 5.15. The Labute approximate surface area is 146 Å². The molecule has 0 saturated carbocycles. The highest BCUT2D eigenvalue weighted by Gasteiger charge is 2.41. The predicted molar refractivity (Wildman–Crippen MR) is 91.2 cm³/mol. The minimum absolute atomic E-state index is 0.157. The quantitative estimate of drug-likeness (QED) is 0.634. The first-order valence-electron chi connectivity index (χ1n) is 8.50. The highest BCUT2D eigenvalue weighted by molar-refractivity contribution is 5.80. The fourth-order valence-corrected chi connectivity index (χ4v) is 3.84. The number of fused-ring (bicyclic) bond motifs is 3. The highest BCUT2D eigenvalue weighted by Crippen LogP contribution is 2.43. The minimum atomic E-state index is -0.231. The molecule has 1 saturated heterocycles. The molecule has 4 nitrogen and oxygen atoms in total. The molecule has 1 fully saturated rings. The number of methoxy groups -OCH3 is 1. The second-order valence-electron chi connectivity index (χ2n) is 6.69. The van der Waals surface area contributed by atoms with E-state index in [1.165, 1.54) is 12.1 Å². The van der Waals surface area contributed by atoms with Gasteiger partial charge in [-0.3, -0.25) is 9.69 Å². The van der Waals surface area contributed by atoms with E-state index in [4.69, 9.17) is 9.47 Å². The van der Waals surface area contributed by atoms with E-state index in [1.54, 1.807) is 25.3 Å². The van der Waals surface area contributed by atoms with Crippen LogP contribution in [0.25, 0.3) is 0 Å². The number of carbonyl (C=O) groups is 1. The first-order chi connectivity index (χ1) is 12.1. The van der Waals surface area contributed by atoms with E-state index in [-0.39, 0.29) is 23.6 Å². The predicted octanol–water partition coefficient (Wildman–Crippen LogP) is 3.36. The van der Waals surface area contributed by atoms with Crippen LogP contribution in [0, 0.1) is 11.7 Å². The molecule has 25 heavy (non-hydrogen) atoms. The van der Waals surface area contributed by atoms with Crippen LogP contribution in [-0.4, -0.2) is 31.1 Å². The molecule has 2 aliphatic rings. The van der Waals surface area contributed by atoms with Crippen molar-refractivity contribution in [2.45, 2.75) is 18.9 Å². The zero-order chi connectivity index (χ0) is 17.4. The van der Waals surface area contributed by atoms with E-state index in [2.05, 4.69) is 4.90 Å². The Hall–Kier alpha value is -2.40. The summed E-state index contributed by atoms with van der Waals surface area (Å²) < 4.78 is 23.8. The van der Waals surface area contributed by atoms with E-state index in [1.807, 2.05) is 12.1 Å². The number of halogens is 1. The number of nitrogens with zero attached hydrogens (tertiary/aromatic N) is 1. The zero-order valence-corrected chi connectivity index (χ0v) is 14.1. The number of piperidine rings is 1. The van der Waals surface area contributed by atoms with Crippen LogP contribution < -0.4 is 9.47 Å². The summed E-state index contributed by atoms with van der Waals surface area (Å²) in [5.74, 6) is 0.943. The van der Waals surface area contributed by atoms with Crippen molar-refractivity contribution >= 4 is 5.97 Å². The van der Waals surface area contributed by atoms with E-state index < -0.39 is 0 Å². The van der Waals surface area contributed by atoms with E-state index in [0.717, 1.165) is 24.1 Å². The Kier molecular flexibility index (Phi) is 4.17. The van der Waals surface area contributed by atoms with Gasteiger partial charge in [-0.15, -0.1) is 0 Å². The van der Waals surface area contributed by atoms with Crippen molar-refractivity contribution in [2.75, 3.05) is 20.2 Å². The third kappa shape index (κ3) is 3.12. The first kappa shape index (κ1) is 16.1. The van der Waals surface area contributed by atoms with Gasteiger partial charge in [0.2, 0.25) is 0 Å². The maximum absolute atomic E-state index is 13.0. The number of benzene rings is 2. The Morgan fingerprint density at radius 2 is 2.00 bits per heavy atom. The molecule has 2 aromatic rings. The molecule has 0 radical (unpaired) electrons. The lowest BCUT2D eigenvalue weighted by Crippen LogP contribution is -2.45. The first-order valence-corrected chi connectivity index (χ1v) is 8.50. The molecule has 4 rings (SSSR count). The summed E-state index contributed by atoms with van der Waals surface area (Å²) in [6.07, 6.45) is 0.903. The average molecular weight is 341 g/mol. The Bertz CT molecular complexity index is 790. The van der Waals surface area contributed by atoms with Gasteiger partial charge < -0.3 is 9.47 Å². The van der Waals surface area contributed by atoms with Crippen molar-refractivity contribution in [3.63, 3.8) is 0 Å². The van der Waals surface area contributed by atoms with Crippen molar-refractivity contribution in [3.8, 4) is 11.5 Å². The lowest BCUT2D eigenvalue weighted by Gasteiger charge is -2.40. The van der Waals surface area contributed by atoms with Crippen LogP contribution in [0.2, 0.25) is 0 Å². The maximum atomic E-state index is 13.0. The SMILES string of the molecule is COc1ccc2c(c1)OC(=O)C1CN(Cc3ccc(F)cc3)CCC21. The summed E-state index contributed by atoms with van der Waals surface area (Å²) in [6.45, 7) is 2.27. The van der Waals surface area contributed by atoms with Crippen LogP contribution in [0.5, 0.6) is 11.5 Å². The molecule has 0 amide bonds. The van der Waals surface area contributed by atoms with Gasteiger partial charge in [0.25, 0.3) is 0 Å². The Balaban J connectivity index is 1.51. The van der Waals surface area contributed by atoms with Crippen LogP contribution in [0.3, 0.4) is 0 Å². The number of hydrogen-bond acceptors (Lipinski definition) is 4. The second kappa shape index (κ2) is 6.48. The largest absolute Gasteiger partial charge is 0.497 e. The van der Waals surface area contributed by atoms with Crippen LogP contribution in [0.15, 0.2) is 42.5 Å². The molecule has 2 aliphatic heterocycles. The molecule has 2 unspecified atom stereocenters. The minimum Gasteiger partial charge on any atom is -0.497 e. The molecular weight excluding hydrogens is 321 g/mol. The molecule has 5 heteroatoms. The molecule has 2 atom stereocenters. The van der Waals surface area contributed by atoms with Gasteiger partial charge in [0.15, 0.2) is 0 Å². The summed E-state index contributed by atoms with van der Waals surface area (Å²) >= 11 is 0. The Morgan fingerprint density at radius 1 is 1.20 bits per heavy atom. The second-order valence-corrected chi connectivity index (χ2v) is 6.69. The smallest absolute Gasteiger partial charge is 0.316 e. The van der Waals surface area contributed by atoms with Crippen molar-refractivity contribution < 1.29 is 18.7 Å². The number of esters is 1. The molecule has 0 spiro atoms. The molecule has 0 N–H and O–H groups in total. The van der Waals surface area contributed by atoms with Crippen molar-refractivity contribution in [1.29, 1.82) is 0 Å². The Morgan fingerprint density at radius 3 is 2.76 bits per heavy atom. The van der Waals surface area contributed by atoms with Crippen LogP contribution in [0.1, 0.15) is 23.5 Å². The lowest BCUT2D eigenvalue weighted by molar-refractivity contribution is -0.143. The fourth-order valence-electron chi connectivity index (χ4n) is 3.84. The molecule has 0 aromatic heterocycles. The van der Waals surface area contributed by atoms with Crippen molar-refractivity contribution in [1.82, 2.24) is 4.90 Å². The number of likely N-dealkylation sites (tertiary alicyclic amines) is 1. The molecule has 0 bridgehead atoms. The number of ether oxygens (including phenoxy) is 2. The van der Waals surface area contributed by atoms with Gasteiger partial charge in [0.1, 0.15) is 17.3 Å². The van der Waals surface area contributed by atoms with Crippen molar-refractivity contribution in [3.05, 3.63) is 59.4 Å². The normalized spacial score (nSPS) is 22.7. The van der Waals surface area contributed by atoms with Crippen LogP contribution >= 0.6 is 0 Å². The van der Waals surface area contributed by atoms with E-state index >= 15 is 0 Å². The standard InChI is InChI=1S/C20H20FNO3/c1-24-15-6-7-17-16-8-9-22(11-13-2-4-14(21)5-3-13)12-18(16)20(23)25-19(17)10-15/h2-7,10,16,18H,8-9,11-12H2,1H3. The summed E-state index contributed by atoms with van der Waals surface area (Å²) in [4.78, 5) is 14.7. The monoisotopic (exact) mass is 341 g/mol. The molecule has 130 valence electrons. The summed E-state index contributed by atoms with van der Waals surface area (Å²) in [5.41, 5.74) is 2.14. The zero-order valence-electron chi connectivity index (χ0n) is 14.1. The topological polar surface area (TPSA) is 38.8 Å². The van der Waals surface area contributed by atoms with Crippen molar-refractivity contribution in [2.24, 2.45) is 5.92 Å². The van der Waals surface area contributed by atoms with E-state index in [0.29, 0.717) is 24.6 Å². The van der Waals surface area contributed by atoms with Gasteiger partial charge in [-0.1, -0.05) is 18.2 Å². The molecule has 2 aromatic carbocycles. The molecular formula is C20H20FNO3. The van der Waals surface area contributed by atoms with Crippen LogP contribution in [-0.2, 0) is 11.3 Å². The molecule has 0 aliphatic carbocycles. The van der Waals surface area contributed by atoms with Gasteiger partial charge in [-0.25, -0.2) is 4.39 Å². The fraction of sp³-hybridized carbons (Fsp3) is 0.350. The third-order valence-electron chi connectivity index (χ3n) is 5.15. The van der Waals surface area contributed by atoms with Gasteiger partial charge in [0, 0.05) is 25.1 Å². The van der Waals surface area contributed by atoms with Gasteiger partial charge in [-0.2, -0.15) is 0 Å². The van der Waals surface area contributed by atoms with Gasteiger partial charge >= 0.3 is 5.97 Å². The average Bonchev–Trinajstić information content (AvgIpc) is 2.63. The summed E-state index contributed by atoms with van der Waals surface area (Å²) in [7, 11) is 1.60. The van der Waals surface area contributed by atoms with Gasteiger partial charge in [-0.05, 0) is 42.3 Å².